The second-order valence-corrected chi connectivity index (χ2v) is 17.1. The van der Waals surface area contributed by atoms with Crippen LogP contribution < -0.4 is 4.90 Å². The largest absolute Gasteiger partial charge is 0.455 e. The van der Waals surface area contributed by atoms with E-state index in [-0.39, 0.29) is 0 Å². The molecule has 1 aromatic heterocycles. The molecule has 2 nitrogen and oxygen atoms in total. The molecule has 0 radical (unpaired) electrons. The van der Waals surface area contributed by atoms with Crippen molar-refractivity contribution in [3.05, 3.63) is 271 Å². The van der Waals surface area contributed by atoms with Gasteiger partial charge in [0.1, 0.15) is 11.2 Å². The Kier molecular flexibility index (Phi) is 8.47. The van der Waals surface area contributed by atoms with Crippen LogP contribution in [0.2, 0.25) is 0 Å². The van der Waals surface area contributed by atoms with Crippen LogP contribution in [-0.2, 0) is 5.41 Å². The van der Waals surface area contributed by atoms with Crippen LogP contribution in [0.4, 0.5) is 17.1 Å². The fourth-order valence-corrected chi connectivity index (χ4v) is 10.9. The van der Waals surface area contributed by atoms with Gasteiger partial charge in [-0.1, -0.05) is 212 Å². The Balaban J connectivity index is 1.10. The number of rotatable bonds is 7. The number of fused-ring (bicyclic) bond motifs is 9. The molecule has 65 heavy (non-hydrogen) atoms. The van der Waals surface area contributed by atoms with Crippen LogP contribution in [-0.4, -0.2) is 0 Å². The molecule has 0 saturated heterocycles. The monoisotopic (exact) mass is 827 g/mol. The zero-order chi connectivity index (χ0) is 42.9. The van der Waals surface area contributed by atoms with Gasteiger partial charge in [0, 0.05) is 38.5 Å². The third-order valence-corrected chi connectivity index (χ3v) is 13.7. The van der Waals surface area contributed by atoms with Crippen molar-refractivity contribution < 1.29 is 4.42 Å². The van der Waals surface area contributed by atoms with E-state index in [9.17, 15) is 0 Å². The van der Waals surface area contributed by atoms with Crippen LogP contribution >= 0.6 is 0 Å². The topological polar surface area (TPSA) is 16.4 Å². The summed E-state index contributed by atoms with van der Waals surface area (Å²) in [6, 6.07) is 90.9. The molecule has 0 aliphatic heterocycles. The van der Waals surface area contributed by atoms with E-state index in [1.165, 1.54) is 55.1 Å². The average Bonchev–Trinajstić information content (AvgIpc) is 3.92. The molecule has 12 aromatic rings. The minimum absolute atomic E-state index is 0.550. The molecule has 304 valence electrons. The van der Waals surface area contributed by atoms with Crippen molar-refractivity contribution in [3.8, 4) is 33.4 Å². The van der Waals surface area contributed by atoms with Crippen molar-refractivity contribution in [1.29, 1.82) is 0 Å². The van der Waals surface area contributed by atoms with E-state index in [1.54, 1.807) is 0 Å². The number of hydrogen-bond donors (Lipinski definition) is 0. The van der Waals surface area contributed by atoms with Crippen molar-refractivity contribution in [3.63, 3.8) is 0 Å². The maximum absolute atomic E-state index is 7.04. The van der Waals surface area contributed by atoms with E-state index in [4.69, 9.17) is 4.42 Å². The summed E-state index contributed by atoms with van der Waals surface area (Å²) >= 11 is 0. The fourth-order valence-electron chi connectivity index (χ4n) is 10.9. The molecule has 0 N–H and O–H groups in total. The Labute approximate surface area is 377 Å². The van der Waals surface area contributed by atoms with Crippen LogP contribution in [0.15, 0.2) is 253 Å². The van der Waals surface area contributed by atoms with E-state index in [0.29, 0.717) is 0 Å². The molecule has 11 aromatic carbocycles. The summed E-state index contributed by atoms with van der Waals surface area (Å²) in [4.78, 5) is 2.50. The molecule has 0 spiro atoms. The first-order chi connectivity index (χ1) is 32.3. The van der Waals surface area contributed by atoms with Gasteiger partial charge in [0.05, 0.1) is 16.8 Å². The molecular weight excluding hydrogens is 787 g/mol. The van der Waals surface area contributed by atoms with Crippen molar-refractivity contribution >= 4 is 60.5 Å². The number of anilines is 3. The Hall–Kier alpha value is -8.46. The van der Waals surface area contributed by atoms with Gasteiger partial charge in [0.25, 0.3) is 0 Å². The summed E-state index contributed by atoms with van der Waals surface area (Å²) in [6.07, 6.45) is 0. The van der Waals surface area contributed by atoms with Gasteiger partial charge >= 0.3 is 0 Å². The van der Waals surface area contributed by atoms with Gasteiger partial charge in [0.15, 0.2) is 0 Å². The summed E-state index contributed by atoms with van der Waals surface area (Å²) in [5.74, 6) is 0. The lowest BCUT2D eigenvalue weighted by Gasteiger charge is -2.34. The molecule has 0 unspecified atom stereocenters. The zero-order valence-corrected chi connectivity index (χ0v) is 35.5. The number of nitrogens with zero attached hydrogens (tertiary/aromatic N) is 1. The quantitative estimate of drug-likeness (QED) is 0.159. The van der Waals surface area contributed by atoms with Gasteiger partial charge < -0.3 is 9.32 Å². The van der Waals surface area contributed by atoms with Crippen LogP contribution in [0.5, 0.6) is 0 Å². The Bertz CT molecular complexity index is 3750. The minimum atomic E-state index is -0.550. The standard InChI is InChI=1S/C63H41NO/c1-3-22-47(23-4-1)63(48-24-5-2-6-25-48)56-32-13-11-29-55(56)60-57(63)33-17-35-59(60)64(49-26-15-21-45(41-49)46-37-36-42-18-7-8-20-44(42)40-46)58-34-14-12-28-51(58)52-30-16-31-53-54-39-38-43-19-9-10-27-50(43)61(54)65-62(52)53/h1-41H. The van der Waals surface area contributed by atoms with Gasteiger partial charge in [0.2, 0.25) is 0 Å². The predicted molar refractivity (Wildman–Crippen MR) is 272 cm³/mol. The van der Waals surface area contributed by atoms with Gasteiger partial charge in [-0.2, -0.15) is 0 Å². The summed E-state index contributed by atoms with van der Waals surface area (Å²) in [5, 5.41) is 6.96. The molecule has 1 aliphatic rings. The summed E-state index contributed by atoms with van der Waals surface area (Å²) < 4.78 is 7.04. The molecule has 1 aliphatic carbocycles. The lowest BCUT2D eigenvalue weighted by Crippen LogP contribution is -2.28. The Morgan fingerprint density at radius 1 is 0.323 bits per heavy atom. The second-order valence-electron chi connectivity index (χ2n) is 17.1. The van der Waals surface area contributed by atoms with Crippen LogP contribution in [0.1, 0.15) is 22.3 Å². The van der Waals surface area contributed by atoms with Crippen molar-refractivity contribution in [2.24, 2.45) is 0 Å². The van der Waals surface area contributed by atoms with Gasteiger partial charge in [-0.25, -0.2) is 0 Å². The third-order valence-electron chi connectivity index (χ3n) is 13.7. The van der Waals surface area contributed by atoms with Crippen LogP contribution in [0, 0.1) is 0 Å². The minimum Gasteiger partial charge on any atom is -0.455 e. The molecule has 0 bridgehead atoms. The van der Waals surface area contributed by atoms with E-state index < -0.39 is 5.41 Å². The van der Waals surface area contributed by atoms with Crippen molar-refractivity contribution in [2.75, 3.05) is 4.90 Å². The second kappa shape index (κ2) is 14.8. The maximum atomic E-state index is 7.04. The molecule has 2 heteroatoms. The van der Waals surface area contributed by atoms with Crippen LogP contribution in [0.25, 0.3) is 76.9 Å². The highest BCUT2D eigenvalue weighted by molar-refractivity contribution is 6.18. The lowest BCUT2D eigenvalue weighted by atomic mass is 9.68. The van der Waals surface area contributed by atoms with E-state index >= 15 is 0 Å². The SMILES string of the molecule is c1ccc(C2(c3ccccc3)c3ccccc3-c3c(N(c4cccc(-c5ccc6ccccc6c5)c4)c4ccccc4-c4cccc5c4oc4c6ccccc6ccc54)cccc32)cc1. The number of benzene rings is 11. The average molecular weight is 828 g/mol. The van der Waals surface area contributed by atoms with E-state index in [2.05, 4.69) is 254 Å². The van der Waals surface area contributed by atoms with Crippen molar-refractivity contribution in [2.45, 2.75) is 5.41 Å². The molecule has 0 fully saturated rings. The predicted octanol–water partition coefficient (Wildman–Crippen LogP) is 17.1. The first-order valence-corrected chi connectivity index (χ1v) is 22.4. The van der Waals surface area contributed by atoms with E-state index in [0.717, 1.165) is 61.1 Å². The van der Waals surface area contributed by atoms with Gasteiger partial charge in [-0.15, -0.1) is 0 Å². The smallest absolute Gasteiger partial charge is 0.143 e. The number of para-hydroxylation sites is 2. The van der Waals surface area contributed by atoms with Gasteiger partial charge in [-0.3, -0.25) is 0 Å². The molecule has 0 amide bonds. The summed E-state index contributed by atoms with van der Waals surface area (Å²) in [7, 11) is 0. The number of furan rings is 1. The molecule has 13 rings (SSSR count). The number of hydrogen-bond acceptors (Lipinski definition) is 2. The first-order valence-electron chi connectivity index (χ1n) is 22.4. The third kappa shape index (κ3) is 5.67. The fraction of sp³-hybridized carbons (Fsp3) is 0.0159. The lowest BCUT2D eigenvalue weighted by molar-refractivity contribution is 0.674. The molecule has 0 saturated carbocycles. The molecule has 0 atom stereocenters. The van der Waals surface area contributed by atoms with Gasteiger partial charge in [-0.05, 0) is 91.5 Å². The molecular formula is C63H41NO. The summed E-state index contributed by atoms with van der Waals surface area (Å²) in [6.45, 7) is 0. The zero-order valence-electron chi connectivity index (χ0n) is 35.5. The first kappa shape index (κ1) is 37.1. The Morgan fingerprint density at radius 2 is 0.892 bits per heavy atom. The summed E-state index contributed by atoms with van der Waals surface area (Å²) in [5.41, 5.74) is 16.4. The normalized spacial score (nSPS) is 12.7. The highest BCUT2D eigenvalue weighted by Gasteiger charge is 2.47. The maximum Gasteiger partial charge on any atom is 0.143 e. The van der Waals surface area contributed by atoms with E-state index in [1.807, 2.05) is 0 Å². The highest BCUT2D eigenvalue weighted by Crippen LogP contribution is 2.60. The van der Waals surface area contributed by atoms with Crippen molar-refractivity contribution in [1.82, 2.24) is 0 Å². The molecule has 1 heterocycles. The highest BCUT2D eigenvalue weighted by atomic mass is 16.3. The van der Waals surface area contributed by atoms with Crippen LogP contribution in [0.3, 0.4) is 0 Å². The Morgan fingerprint density at radius 3 is 1.72 bits per heavy atom.